The number of nitrogens with zero attached hydrogens (tertiary/aromatic N) is 6. The highest BCUT2D eigenvalue weighted by molar-refractivity contribution is 5.70. The second kappa shape index (κ2) is 9.72. The van der Waals surface area contributed by atoms with Crippen LogP contribution in [0.2, 0.25) is 0 Å². The first-order valence-electron chi connectivity index (χ1n) is 9.96. The third kappa shape index (κ3) is 5.39. The molecule has 0 aliphatic rings. The largest absolute Gasteiger partial charge is 0.416 e. The second-order valence-electron chi connectivity index (χ2n) is 7.02. The Bertz CT molecular complexity index is 1210. The van der Waals surface area contributed by atoms with Crippen molar-refractivity contribution in [2.24, 2.45) is 0 Å². The van der Waals surface area contributed by atoms with Crippen LogP contribution in [0.3, 0.4) is 0 Å². The Morgan fingerprint density at radius 1 is 0.941 bits per heavy atom. The first-order valence-corrected chi connectivity index (χ1v) is 9.96. The van der Waals surface area contributed by atoms with Gasteiger partial charge in [-0.1, -0.05) is 12.1 Å². The quantitative estimate of drug-likeness (QED) is 0.224. The highest BCUT2D eigenvalue weighted by atomic mass is 19.4. The predicted octanol–water partition coefficient (Wildman–Crippen LogP) is 3.85. The van der Waals surface area contributed by atoms with Gasteiger partial charge in [0.1, 0.15) is 11.5 Å². The topological polar surface area (TPSA) is 124 Å². The Hall–Kier alpha value is -4.23. The van der Waals surface area contributed by atoms with Gasteiger partial charge in [-0.15, -0.1) is 5.23 Å². The van der Waals surface area contributed by atoms with Gasteiger partial charge in [0.15, 0.2) is 0 Å². The molecule has 3 aromatic heterocycles. The Morgan fingerprint density at radius 3 is 2.32 bits per heavy atom. The van der Waals surface area contributed by atoms with Gasteiger partial charge in [0.2, 0.25) is 5.95 Å². The van der Waals surface area contributed by atoms with Gasteiger partial charge in [-0.2, -0.15) is 13.2 Å². The van der Waals surface area contributed by atoms with E-state index in [-0.39, 0.29) is 10.9 Å². The van der Waals surface area contributed by atoms with Crippen LogP contribution in [0.25, 0.3) is 16.9 Å². The summed E-state index contributed by atoms with van der Waals surface area (Å²) in [6.07, 6.45) is 3.23. The van der Waals surface area contributed by atoms with E-state index in [4.69, 9.17) is 10.4 Å². The predicted molar refractivity (Wildman–Crippen MR) is 117 cm³/mol. The Labute approximate surface area is 191 Å². The van der Waals surface area contributed by atoms with Crippen molar-refractivity contribution in [3.05, 3.63) is 73.1 Å². The molecule has 0 unspecified atom stereocenters. The maximum absolute atomic E-state index is 13.0. The highest BCUT2D eigenvalue weighted by Crippen LogP contribution is 2.32. The highest BCUT2D eigenvalue weighted by Gasteiger charge is 2.30. The zero-order chi connectivity index (χ0) is 24.1. The lowest BCUT2D eigenvalue weighted by Gasteiger charge is -2.13. The molecule has 0 bridgehead atoms. The van der Waals surface area contributed by atoms with Gasteiger partial charge in [0.25, 0.3) is 0 Å². The van der Waals surface area contributed by atoms with E-state index in [2.05, 4.69) is 30.6 Å². The summed E-state index contributed by atoms with van der Waals surface area (Å²) in [6, 6.07) is 7.80. The molecule has 0 aliphatic heterocycles. The molecule has 0 amide bonds. The van der Waals surface area contributed by atoms with Crippen LogP contribution in [0.5, 0.6) is 0 Å². The fraction of sp³-hybridized carbons (Fsp3) is 0.143. The Morgan fingerprint density at radius 2 is 1.71 bits per heavy atom. The number of benzene rings is 1. The summed E-state index contributed by atoms with van der Waals surface area (Å²) in [6.45, 7) is 0.850. The van der Waals surface area contributed by atoms with E-state index in [0.717, 1.165) is 12.1 Å². The third-order valence-electron chi connectivity index (χ3n) is 4.73. The van der Waals surface area contributed by atoms with Crippen molar-refractivity contribution >= 4 is 17.5 Å². The normalized spacial score (nSPS) is 11.3. The van der Waals surface area contributed by atoms with Crippen LogP contribution in [0.4, 0.5) is 30.6 Å². The molecule has 0 spiro atoms. The van der Waals surface area contributed by atoms with Crippen LogP contribution in [0, 0.1) is 0 Å². The summed E-state index contributed by atoms with van der Waals surface area (Å²) in [7, 11) is 0. The number of halogens is 3. The van der Waals surface area contributed by atoms with Crippen molar-refractivity contribution in [3.8, 4) is 16.9 Å². The lowest BCUT2D eigenvalue weighted by atomic mass is 10.1. The summed E-state index contributed by atoms with van der Waals surface area (Å²) in [5, 5.41) is 24.0. The van der Waals surface area contributed by atoms with Crippen LogP contribution in [-0.2, 0) is 6.18 Å². The molecule has 1 aromatic carbocycles. The molecule has 13 heteroatoms. The number of imidazole rings is 1. The standard InChI is InChI=1S/C21H19F3N8O2/c22-21(23,24)15-3-1-14(2-4-15)19-17(31-10-9-25-13-31)12-29-20(30-19)27-8-7-26-18-6-5-16(11-28-18)32(33)34/h1-6,9-13,33-34H,7-8H2,(H,26,28)(H,27,29,30). The number of alkyl halides is 3. The molecule has 0 saturated carbocycles. The lowest BCUT2D eigenvalue weighted by Crippen LogP contribution is -2.16. The Balaban J connectivity index is 1.48. The third-order valence-corrected chi connectivity index (χ3v) is 4.73. The first-order chi connectivity index (χ1) is 16.3. The molecule has 4 rings (SSSR count). The summed E-state index contributed by atoms with van der Waals surface area (Å²) in [5.41, 5.74) is 0.863. The van der Waals surface area contributed by atoms with E-state index in [9.17, 15) is 13.2 Å². The molecule has 0 atom stereocenters. The smallest absolute Gasteiger partial charge is 0.368 e. The SMILES string of the molecule is ON(O)c1ccc(NCCNc2ncc(-n3ccnc3)c(-c3ccc(C(F)(F)F)cc3)n2)nc1. The summed E-state index contributed by atoms with van der Waals surface area (Å²) >= 11 is 0. The number of aromatic nitrogens is 5. The van der Waals surface area contributed by atoms with Crippen LogP contribution in [-0.4, -0.2) is 48.0 Å². The van der Waals surface area contributed by atoms with Crippen molar-refractivity contribution in [2.45, 2.75) is 6.18 Å². The number of hydrogen-bond acceptors (Lipinski definition) is 9. The summed E-state index contributed by atoms with van der Waals surface area (Å²) < 4.78 is 40.5. The van der Waals surface area contributed by atoms with Crippen molar-refractivity contribution in [1.82, 2.24) is 24.5 Å². The number of anilines is 3. The van der Waals surface area contributed by atoms with Crippen molar-refractivity contribution in [3.63, 3.8) is 0 Å². The molecule has 176 valence electrons. The fourth-order valence-electron chi connectivity index (χ4n) is 3.05. The Kier molecular flexibility index (Phi) is 6.56. The molecular weight excluding hydrogens is 453 g/mol. The van der Waals surface area contributed by atoms with Crippen molar-refractivity contribution < 1.29 is 23.6 Å². The van der Waals surface area contributed by atoms with Gasteiger partial charge in [0, 0.05) is 31.0 Å². The molecule has 4 N–H and O–H groups in total. The first kappa shape index (κ1) is 22.9. The summed E-state index contributed by atoms with van der Waals surface area (Å²) in [4.78, 5) is 16.9. The molecule has 10 nitrogen and oxygen atoms in total. The van der Waals surface area contributed by atoms with E-state index in [1.54, 1.807) is 35.6 Å². The van der Waals surface area contributed by atoms with Gasteiger partial charge in [-0.3, -0.25) is 10.4 Å². The summed E-state index contributed by atoms with van der Waals surface area (Å²) in [5.74, 6) is 0.814. The lowest BCUT2D eigenvalue weighted by molar-refractivity contribution is -0.137. The van der Waals surface area contributed by atoms with Crippen LogP contribution < -0.4 is 15.9 Å². The number of nitrogens with one attached hydrogen (secondary N) is 2. The van der Waals surface area contributed by atoms with Gasteiger partial charge in [-0.05, 0) is 24.3 Å². The van der Waals surface area contributed by atoms with Gasteiger partial charge in [-0.25, -0.2) is 19.9 Å². The van der Waals surface area contributed by atoms with Gasteiger partial charge < -0.3 is 15.2 Å². The average molecular weight is 472 g/mol. The maximum atomic E-state index is 13.0. The van der Waals surface area contributed by atoms with Gasteiger partial charge in [0.05, 0.1) is 35.7 Å². The van der Waals surface area contributed by atoms with E-state index >= 15 is 0 Å². The molecule has 0 radical (unpaired) electrons. The van der Waals surface area contributed by atoms with E-state index in [1.165, 1.54) is 24.4 Å². The average Bonchev–Trinajstić information content (AvgIpc) is 3.36. The second-order valence-corrected chi connectivity index (χ2v) is 7.02. The van der Waals surface area contributed by atoms with Crippen molar-refractivity contribution in [2.75, 3.05) is 28.9 Å². The number of pyridine rings is 1. The monoisotopic (exact) mass is 472 g/mol. The molecule has 0 saturated heterocycles. The number of hydrogen-bond donors (Lipinski definition) is 4. The number of rotatable bonds is 8. The molecule has 4 aromatic rings. The molecule has 34 heavy (non-hydrogen) atoms. The van der Waals surface area contributed by atoms with E-state index < -0.39 is 11.7 Å². The molecule has 0 aliphatic carbocycles. The minimum atomic E-state index is -4.43. The minimum Gasteiger partial charge on any atom is -0.368 e. The van der Waals surface area contributed by atoms with Crippen molar-refractivity contribution in [1.29, 1.82) is 0 Å². The fourth-order valence-corrected chi connectivity index (χ4v) is 3.05. The van der Waals surface area contributed by atoms with E-state index in [0.29, 0.717) is 41.8 Å². The maximum Gasteiger partial charge on any atom is 0.416 e. The van der Waals surface area contributed by atoms with Crippen LogP contribution >= 0.6 is 0 Å². The van der Waals surface area contributed by atoms with E-state index in [1.807, 2.05) is 0 Å². The minimum absolute atomic E-state index is 0.0304. The van der Waals surface area contributed by atoms with Gasteiger partial charge >= 0.3 is 6.18 Å². The molecule has 3 heterocycles. The molecular formula is C21H19F3N8O2. The molecule has 0 fully saturated rings. The zero-order valence-electron chi connectivity index (χ0n) is 17.5. The zero-order valence-corrected chi connectivity index (χ0v) is 17.5. The van der Waals surface area contributed by atoms with Crippen LogP contribution in [0.1, 0.15) is 5.56 Å². The van der Waals surface area contributed by atoms with Crippen LogP contribution in [0.15, 0.2) is 67.5 Å².